The van der Waals surface area contributed by atoms with Crippen LogP contribution in [0.15, 0.2) is 41.2 Å². The van der Waals surface area contributed by atoms with Gasteiger partial charge in [-0.1, -0.05) is 26.0 Å². The van der Waals surface area contributed by atoms with E-state index in [0.29, 0.717) is 18.2 Å². The molecule has 1 atom stereocenters. The number of nitrogens with zero attached hydrogens (tertiary/aromatic N) is 2. The molecule has 0 radical (unpaired) electrons. The molecule has 0 bridgehead atoms. The zero-order valence-electron chi connectivity index (χ0n) is 12.6. The lowest BCUT2D eigenvalue weighted by Crippen LogP contribution is -2.23. The second-order valence-corrected chi connectivity index (χ2v) is 5.47. The highest BCUT2D eigenvalue weighted by atomic mass is 16.5. The molecule has 2 N–H and O–H groups in total. The van der Waals surface area contributed by atoms with E-state index in [1.807, 2.05) is 24.3 Å². The van der Waals surface area contributed by atoms with Gasteiger partial charge in [-0.05, 0) is 29.7 Å². The van der Waals surface area contributed by atoms with Crippen LogP contribution in [0.25, 0.3) is 0 Å². The van der Waals surface area contributed by atoms with Crippen molar-refractivity contribution in [1.82, 2.24) is 9.78 Å². The van der Waals surface area contributed by atoms with E-state index in [-0.39, 0.29) is 11.6 Å². The molecule has 0 aliphatic carbocycles. The molecule has 0 spiro atoms. The first-order valence-electron chi connectivity index (χ1n) is 7.00. The summed E-state index contributed by atoms with van der Waals surface area (Å²) < 4.78 is 6.93. The Labute approximate surface area is 124 Å². The maximum absolute atomic E-state index is 11.3. The molecule has 1 aromatic heterocycles. The SMILES string of the molecule is CC(C)COc1ccc(C(N)c2ccc(=O)n(C)n2)cc1. The zero-order valence-corrected chi connectivity index (χ0v) is 12.6. The van der Waals surface area contributed by atoms with Crippen molar-refractivity contribution in [2.75, 3.05) is 6.61 Å². The minimum Gasteiger partial charge on any atom is -0.493 e. The average molecular weight is 287 g/mol. The lowest BCUT2D eigenvalue weighted by atomic mass is 10.0. The van der Waals surface area contributed by atoms with E-state index < -0.39 is 0 Å². The third-order valence-corrected chi connectivity index (χ3v) is 3.12. The maximum atomic E-state index is 11.3. The van der Waals surface area contributed by atoms with Gasteiger partial charge < -0.3 is 10.5 Å². The first-order valence-corrected chi connectivity index (χ1v) is 7.00. The van der Waals surface area contributed by atoms with Crippen molar-refractivity contribution in [3.8, 4) is 5.75 Å². The Balaban J connectivity index is 2.13. The number of rotatable bonds is 5. The molecule has 5 nitrogen and oxygen atoms in total. The van der Waals surface area contributed by atoms with E-state index in [1.165, 1.54) is 10.7 Å². The molecule has 2 aromatic rings. The Kier molecular flexibility index (Phi) is 4.75. The van der Waals surface area contributed by atoms with Gasteiger partial charge in [-0.15, -0.1) is 0 Å². The van der Waals surface area contributed by atoms with Crippen LogP contribution in [-0.2, 0) is 7.05 Å². The number of ether oxygens (including phenoxy) is 1. The summed E-state index contributed by atoms with van der Waals surface area (Å²) >= 11 is 0. The molecule has 0 saturated heterocycles. The van der Waals surface area contributed by atoms with Crippen LogP contribution < -0.4 is 16.0 Å². The molecule has 0 saturated carbocycles. The number of hydrogen-bond donors (Lipinski definition) is 1. The van der Waals surface area contributed by atoms with E-state index in [1.54, 1.807) is 13.1 Å². The summed E-state index contributed by atoms with van der Waals surface area (Å²) in [4.78, 5) is 11.3. The van der Waals surface area contributed by atoms with Crippen molar-refractivity contribution in [1.29, 1.82) is 0 Å². The summed E-state index contributed by atoms with van der Waals surface area (Å²) in [7, 11) is 1.61. The summed E-state index contributed by atoms with van der Waals surface area (Å²) in [6.07, 6.45) is 0. The second kappa shape index (κ2) is 6.54. The van der Waals surface area contributed by atoms with E-state index in [9.17, 15) is 4.79 Å². The van der Waals surface area contributed by atoms with Gasteiger partial charge in [-0.25, -0.2) is 4.68 Å². The highest BCUT2D eigenvalue weighted by molar-refractivity contribution is 5.32. The first-order chi connectivity index (χ1) is 9.97. The number of nitrogens with two attached hydrogens (primary N) is 1. The molecule has 1 heterocycles. The molecule has 5 heteroatoms. The normalized spacial score (nSPS) is 12.4. The third kappa shape index (κ3) is 3.92. The fraction of sp³-hybridized carbons (Fsp3) is 0.375. The lowest BCUT2D eigenvalue weighted by molar-refractivity contribution is 0.271. The van der Waals surface area contributed by atoms with Gasteiger partial charge in [0.15, 0.2) is 0 Å². The van der Waals surface area contributed by atoms with E-state index in [4.69, 9.17) is 10.5 Å². The summed E-state index contributed by atoms with van der Waals surface area (Å²) in [5.41, 5.74) is 7.63. The van der Waals surface area contributed by atoms with Gasteiger partial charge in [0, 0.05) is 13.1 Å². The summed E-state index contributed by atoms with van der Waals surface area (Å²) in [6.45, 7) is 4.90. The predicted molar refractivity (Wildman–Crippen MR) is 82.3 cm³/mol. The molecule has 0 aliphatic rings. The quantitative estimate of drug-likeness (QED) is 0.911. The zero-order chi connectivity index (χ0) is 15.4. The fourth-order valence-corrected chi connectivity index (χ4v) is 1.89. The van der Waals surface area contributed by atoms with Gasteiger partial charge >= 0.3 is 0 Å². The first kappa shape index (κ1) is 15.3. The average Bonchev–Trinajstić information content (AvgIpc) is 2.48. The van der Waals surface area contributed by atoms with Crippen LogP contribution in [0.5, 0.6) is 5.75 Å². The Morgan fingerprint density at radius 1 is 1.19 bits per heavy atom. The van der Waals surface area contributed by atoms with E-state index in [2.05, 4.69) is 18.9 Å². The maximum Gasteiger partial charge on any atom is 0.266 e. The second-order valence-electron chi connectivity index (χ2n) is 5.47. The van der Waals surface area contributed by atoms with Crippen LogP contribution in [-0.4, -0.2) is 16.4 Å². The molecule has 21 heavy (non-hydrogen) atoms. The Bertz CT molecular complexity index is 647. The van der Waals surface area contributed by atoms with Crippen molar-refractivity contribution in [2.45, 2.75) is 19.9 Å². The Hall–Kier alpha value is -2.14. The van der Waals surface area contributed by atoms with Crippen molar-refractivity contribution >= 4 is 0 Å². The van der Waals surface area contributed by atoms with Gasteiger partial charge in [0.1, 0.15) is 5.75 Å². The molecular weight excluding hydrogens is 266 g/mol. The standard InChI is InChI=1S/C16H21N3O2/c1-11(2)10-21-13-6-4-12(5-7-13)16(17)14-8-9-15(20)19(3)18-14/h4-9,11,16H,10,17H2,1-3H3. The summed E-state index contributed by atoms with van der Waals surface area (Å²) in [5, 5.41) is 4.18. The highest BCUT2D eigenvalue weighted by Crippen LogP contribution is 2.20. The molecule has 1 aromatic carbocycles. The highest BCUT2D eigenvalue weighted by Gasteiger charge is 2.11. The number of aryl methyl sites for hydroxylation is 1. The molecular formula is C16H21N3O2. The van der Waals surface area contributed by atoms with Crippen LogP contribution in [0.1, 0.15) is 31.1 Å². The molecule has 2 rings (SSSR count). The third-order valence-electron chi connectivity index (χ3n) is 3.12. The van der Waals surface area contributed by atoms with Crippen molar-refractivity contribution in [3.05, 3.63) is 58.0 Å². The number of aromatic nitrogens is 2. The Morgan fingerprint density at radius 3 is 2.43 bits per heavy atom. The van der Waals surface area contributed by atoms with Crippen molar-refractivity contribution < 1.29 is 4.74 Å². The smallest absolute Gasteiger partial charge is 0.266 e. The van der Waals surface area contributed by atoms with Crippen LogP contribution in [0.3, 0.4) is 0 Å². The van der Waals surface area contributed by atoms with E-state index >= 15 is 0 Å². The number of hydrogen-bond acceptors (Lipinski definition) is 4. The van der Waals surface area contributed by atoms with Crippen LogP contribution in [0.2, 0.25) is 0 Å². The topological polar surface area (TPSA) is 70.1 Å². The fourth-order valence-electron chi connectivity index (χ4n) is 1.89. The van der Waals surface area contributed by atoms with E-state index in [0.717, 1.165) is 11.3 Å². The summed E-state index contributed by atoms with van der Waals surface area (Å²) in [5.74, 6) is 1.31. The minimum atomic E-state index is -0.365. The Morgan fingerprint density at radius 2 is 1.86 bits per heavy atom. The lowest BCUT2D eigenvalue weighted by Gasteiger charge is -2.13. The van der Waals surface area contributed by atoms with Crippen molar-refractivity contribution in [2.24, 2.45) is 18.7 Å². The molecule has 0 aliphatic heterocycles. The van der Waals surface area contributed by atoms with Crippen LogP contribution in [0.4, 0.5) is 0 Å². The number of benzene rings is 1. The van der Waals surface area contributed by atoms with Gasteiger partial charge in [-0.2, -0.15) is 5.10 Å². The van der Waals surface area contributed by atoms with Gasteiger partial charge in [0.25, 0.3) is 5.56 Å². The van der Waals surface area contributed by atoms with Gasteiger partial charge in [0.05, 0.1) is 18.3 Å². The largest absolute Gasteiger partial charge is 0.493 e. The summed E-state index contributed by atoms with van der Waals surface area (Å²) in [6, 6.07) is 10.4. The van der Waals surface area contributed by atoms with Gasteiger partial charge in [-0.3, -0.25) is 4.79 Å². The van der Waals surface area contributed by atoms with Crippen molar-refractivity contribution in [3.63, 3.8) is 0 Å². The van der Waals surface area contributed by atoms with Gasteiger partial charge in [0.2, 0.25) is 0 Å². The van der Waals surface area contributed by atoms with Crippen LogP contribution in [0, 0.1) is 5.92 Å². The molecule has 1 unspecified atom stereocenters. The van der Waals surface area contributed by atoms with Crippen LogP contribution >= 0.6 is 0 Å². The minimum absolute atomic E-state index is 0.150. The molecule has 0 amide bonds. The molecule has 112 valence electrons. The molecule has 0 fully saturated rings. The predicted octanol–water partition coefficient (Wildman–Crippen LogP) is 1.86. The monoisotopic (exact) mass is 287 g/mol.